The maximum absolute atomic E-state index is 6.05. The van der Waals surface area contributed by atoms with Crippen molar-refractivity contribution in [3.8, 4) is 0 Å². The van der Waals surface area contributed by atoms with Crippen molar-refractivity contribution in [1.29, 1.82) is 0 Å². The molecule has 1 heterocycles. The fourth-order valence-electron chi connectivity index (χ4n) is 2.92. The minimum Gasteiger partial charge on any atom is -0.330 e. The van der Waals surface area contributed by atoms with Crippen molar-refractivity contribution in [3.63, 3.8) is 0 Å². The Labute approximate surface area is 124 Å². The Balaban J connectivity index is 1.94. The van der Waals surface area contributed by atoms with Crippen LogP contribution in [-0.4, -0.2) is 18.1 Å². The molecule has 1 aromatic heterocycles. The van der Waals surface area contributed by atoms with E-state index in [1.54, 1.807) is 0 Å². The lowest BCUT2D eigenvalue weighted by molar-refractivity contribution is 0.453. The van der Waals surface area contributed by atoms with Crippen molar-refractivity contribution >= 4 is 22.5 Å². The molecule has 0 saturated carbocycles. The van der Waals surface area contributed by atoms with E-state index in [1.807, 2.05) is 12.1 Å². The fraction of sp³-hybridized carbons (Fsp3) is 0.438. The molecule has 3 N–H and O–H groups in total. The van der Waals surface area contributed by atoms with Crippen LogP contribution in [0.25, 0.3) is 10.9 Å². The summed E-state index contributed by atoms with van der Waals surface area (Å²) in [4.78, 5) is 4.81. The highest BCUT2D eigenvalue weighted by molar-refractivity contribution is 6.31. The molecule has 3 nitrogen and oxygen atoms in total. The second-order valence-electron chi connectivity index (χ2n) is 5.40. The molecular formula is C16H20ClN3. The number of halogens is 1. The highest BCUT2D eigenvalue weighted by atomic mass is 35.5. The van der Waals surface area contributed by atoms with Crippen LogP contribution in [0.1, 0.15) is 36.6 Å². The Morgan fingerprint density at radius 1 is 1.35 bits per heavy atom. The zero-order chi connectivity index (χ0) is 13.9. The van der Waals surface area contributed by atoms with Crippen molar-refractivity contribution in [3.05, 3.63) is 40.5 Å². The summed E-state index contributed by atoms with van der Waals surface area (Å²) >= 11 is 6.05. The summed E-state index contributed by atoms with van der Waals surface area (Å²) in [6, 6.07) is 8.61. The first-order valence-electron chi connectivity index (χ1n) is 7.30. The first-order chi connectivity index (χ1) is 9.78. The molecule has 1 aliphatic carbocycles. The topological polar surface area (TPSA) is 50.9 Å². The van der Waals surface area contributed by atoms with Gasteiger partial charge in [-0.15, -0.1) is 0 Å². The van der Waals surface area contributed by atoms with Crippen molar-refractivity contribution in [2.75, 3.05) is 13.1 Å². The van der Waals surface area contributed by atoms with Crippen LogP contribution < -0.4 is 11.1 Å². The first-order valence-corrected chi connectivity index (χ1v) is 7.68. The minimum absolute atomic E-state index is 0.415. The van der Waals surface area contributed by atoms with Gasteiger partial charge in [0.05, 0.1) is 5.52 Å². The molecule has 4 heteroatoms. The molecule has 0 bridgehead atoms. The number of fused-ring (bicyclic) bond motifs is 2. The predicted octanol–water partition coefficient (Wildman–Crippen LogP) is 3.20. The monoisotopic (exact) mass is 289 g/mol. The van der Waals surface area contributed by atoms with Crippen LogP contribution in [0.4, 0.5) is 0 Å². The molecular weight excluding hydrogens is 270 g/mol. The van der Waals surface area contributed by atoms with Crippen LogP contribution in [0.2, 0.25) is 5.02 Å². The Hall–Kier alpha value is -1.16. The van der Waals surface area contributed by atoms with Gasteiger partial charge < -0.3 is 11.1 Å². The molecule has 0 aliphatic heterocycles. The van der Waals surface area contributed by atoms with Gasteiger partial charge in [-0.25, -0.2) is 0 Å². The number of nitrogens with one attached hydrogen (secondary N) is 1. The van der Waals surface area contributed by atoms with Crippen LogP contribution in [0.3, 0.4) is 0 Å². The van der Waals surface area contributed by atoms with Gasteiger partial charge in [-0.1, -0.05) is 17.7 Å². The van der Waals surface area contributed by atoms with Gasteiger partial charge in [0.1, 0.15) is 0 Å². The first kappa shape index (κ1) is 13.8. The quantitative estimate of drug-likeness (QED) is 0.850. The maximum atomic E-state index is 6.05. The van der Waals surface area contributed by atoms with E-state index >= 15 is 0 Å². The van der Waals surface area contributed by atoms with E-state index in [0.29, 0.717) is 6.04 Å². The Morgan fingerprint density at radius 2 is 2.25 bits per heavy atom. The normalized spacial score (nSPS) is 18.2. The smallest absolute Gasteiger partial charge is 0.0720 e. The summed E-state index contributed by atoms with van der Waals surface area (Å²) in [6.07, 6.45) is 4.44. The third kappa shape index (κ3) is 2.80. The summed E-state index contributed by atoms with van der Waals surface area (Å²) in [5.41, 5.74) is 9.13. The van der Waals surface area contributed by atoms with Gasteiger partial charge in [0.25, 0.3) is 0 Å². The number of aryl methyl sites for hydroxylation is 1. The summed E-state index contributed by atoms with van der Waals surface area (Å²) in [6.45, 7) is 1.71. The zero-order valence-electron chi connectivity index (χ0n) is 11.5. The van der Waals surface area contributed by atoms with Gasteiger partial charge in [0, 0.05) is 22.1 Å². The number of nitrogens with zero attached hydrogens (tertiary/aromatic N) is 1. The van der Waals surface area contributed by atoms with Crippen LogP contribution in [0.15, 0.2) is 24.3 Å². The SMILES string of the molecule is NCCCNC1CCCc2nc3cc(Cl)ccc3cc21. The van der Waals surface area contributed by atoms with Crippen LogP contribution in [0, 0.1) is 0 Å². The van der Waals surface area contributed by atoms with Gasteiger partial charge in [-0.05, 0) is 62.5 Å². The molecule has 1 aliphatic rings. The summed E-state index contributed by atoms with van der Waals surface area (Å²) in [5, 5.41) is 5.52. The molecule has 20 heavy (non-hydrogen) atoms. The Morgan fingerprint density at radius 3 is 3.10 bits per heavy atom. The fourth-order valence-corrected chi connectivity index (χ4v) is 3.08. The molecule has 0 radical (unpaired) electrons. The molecule has 1 unspecified atom stereocenters. The number of benzene rings is 1. The van der Waals surface area contributed by atoms with E-state index in [2.05, 4.69) is 17.4 Å². The van der Waals surface area contributed by atoms with E-state index in [4.69, 9.17) is 22.3 Å². The lowest BCUT2D eigenvalue weighted by atomic mass is 9.90. The molecule has 106 valence electrons. The molecule has 0 saturated heterocycles. The third-order valence-corrected chi connectivity index (χ3v) is 4.18. The molecule has 0 spiro atoms. The molecule has 0 amide bonds. The van der Waals surface area contributed by atoms with Gasteiger partial charge in [0.2, 0.25) is 0 Å². The number of pyridine rings is 1. The van der Waals surface area contributed by atoms with Gasteiger partial charge in [-0.3, -0.25) is 4.98 Å². The lowest BCUT2D eigenvalue weighted by Crippen LogP contribution is -2.27. The Bertz CT molecular complexity index is 612. The molecule has 2 aromatic rings. The number of nitrogens with two attached hydrogens (primary N) is 1. The average molecular weight is 290 g/mol. The highest BCUT2D eigenvalue weighted by Gasteiger charge is 2.21. The number of aromatic nitrogens is 1. The van der Waals surface area contributed by atoms with E-state index in [0.717, 1.165) is 36.5 Å². The van der Waals surface area contributed by atoms with Gasteiger partial charge in [-0.2, -0.15) is 0 Å². The largest absolute Gasteiger partial charge is 0.330 e. The van der Waals surface area contributed by atoms with E-state index < -0.39 is 0 Å². The second kappa shape index (κ2) is 6.08. The maximum Gasteiger partial charge on any atom is 0.0720 e. The molecule has 1 aromatic carbocycles. The van der Waals surface area contributed by atoms with E-state index in [1.165, 1.54) is 29.5 Å². The summed E-state index contributed by atoms with van der Waals surface area (Å²) in [7, 11) is 0. The molecule has 3 rings (SSSR count). The Kier molecular flexibility index (Phi) is 4.20. The predicted molar refractivity (Wildman–Crippen MR) is 84.1 cm³/mol. The van der Waals surface area contributed by atoms with Crippen LogP contribution in [-0.2, 0) is 6.42 Å². The van der Waals surface area contributed by atoms with Gasteiger partial charge >= 0.3 is 0 Å². The molecule has 0 fully saturated rings. The van der Waals surface area contributed by atoms with Crippen molar-refractivity contribution in [2.45, 2.75) is 31.7 Å². The van der Waals surface area contributed by atoms with Crippen molar-refractivity contribution in [1.82, 2.24) is 10.3 Å². The zero-order valence-corrected chi connectivity index (χ0v) is 12.3. The van der Waals surface area contributed by atoms with E-state index in [-0.39, 0.29) is 0 Å². The van der Waals surface area contributed by atoms with Crippen molar-refractivity contribution in [2.24, 2.45) is 5.73 Å². The summed E-state index contributed by atoms with van der Waals surface area (Å²) < 4.78 is 0. The van der Waals surface area contributed by atoms with Crippen molar-refractivity contribution < 1.29 is 0 Å². The average Bonchev–Trinajstić information content (AvgIpc) is 2.45. The van der Waals surface area contributed by atoms with E-state index in [9.17, 15) is 0 Å². The minimum atomic E-state index is 0.415. The lowest BCUT2D eigenvalue weighted by Gasteiger charge is -2.26. The van der Waals surface area contributed by atoms with Gasteiger partial charge in [0.15, 0.2) is 0 Å². The number of rotatable bonds is 4. The number of hydrogen-bond acceptors (Lipinski definition) is 3. The standard InChI is InChI=1S/C16H20ClN3/c17-12-6-5-11-9-13-14(19-8-2-7-18)3-1-4-15(13)20-16(11)10-12/h5-6,9-10,14,19H,1-4,7-8,18H2. The summed E-state index contributed by atoms with van der Waals surface area (Å²) in [5.74, 6) is 0. The second-order valence-corrected chi connectivity index (χ2v) is 5.84. The molecule has 1 atom stereocenters. The van der Waals surface area contributed by atoms with Crippen LogP contribution in [0.5, 0.6) is 0 Å². The highest BCUT2D eigenvalue weighted by Crippen LogP contribution is 2.31. The third-order valence-electron chi connectivity index (χ3n) is 3.95. The van der Waals surface area contributed by atoms with Crippen LogP contribution >= 0.6 is 11.6 Å². The number of hydrogen-bond donors (Lipinski definition) is 2.